The third-order valence-electron chi connectivity index (χ3n) is 6.10. The molecule has 0 fully saturated rings. The van der Waals surface area contributed by atoms with Gasteiger partial charge in [0, 0.05) is 29.2 Å². The van der Waals surface area contributed by atoms with Gasteiger partial charge in [0.25, 0.3) is 0 Å². The van der Waals surface area contributed by atoms with Crippen molar-refractivity contribution < 1.29 is 24.5 Å². The van der Waals surface area contributed by atoms with E-state index in [2.05, 4.69) is 32.9 Å². The van der Waals surface area contributed by atoms with E-state index in [-0.39, 0.29) is 23.7 Å². The van der Waals surface area contributed by atoms with E-state index in [1.54, 1.807) is 20.3 Å². The van der Waals surface area contributed by atoms with Gasteiger partial charge in [0.1, 0.15) is 11.5 Å². The first kappa shape index (κ1) is 28.8. The fraction of sp³-hybridized carbons (Fsp3) is 0.387. The second-order valence-electron chi connectivity index (χ2n) is 9.59. The van der Waals surface area contributed by atoms with Crippen LogP contribution in [0.15, 0.2) is 59.2 Å². The zero-order valence-electron chi connectivity index (χ0n) is 22.7. The lowest BCUT2D eigenvalue weighted by molar-refractivity contribution is 0.0991. The number of carbonyl (C=O) groups is 1. The van der Waals surface area contributed by atoms with Gasteiger partial charge in [0.15, 0.2) is 17.3 Å². The van der Waals surface area contributed by atoms with E-state index in [4.69, 9.17) is 9.47 Å². The molecule has 194 valence electrons. The number of Topliss-reactive ketones (excluding diaryl/α,β-unsaturated/α-hetero) is 1. The summed E-state index contributed by atoms with van der Waals surface area (Å²) in [5, 5.41) is 20.5. The largest absolute Gasteiger partial charge is 0.504 e. The first-order valence-corrected chi connectivity index (χ1v) is 12.3. The van der Waals surface area contributed by atoms with Crippen LogP contribution in [0.25, 0.3) is 0 Å². The summed E-state index contributed by atoms with van der Waals surface area (Å²) in [6.07, 6.45) is 9.40. The fourth-order valence-corrected chi connectivity index (χ4v) is 4.00. The maximum absolute atomic E-state index is 13.5. The molecule has 0 aromatic heterocycles. The van der Waals surface area contributed by atoms with Crippen LogP contribution in [-0.2, 0) is 19.3 Å². The second kappa shape index (κ2) is 13.6. The van der Waals surface area contributed by atoms with Crippen molar-refractivity contribution in [1.82, 2.24) is 0 Å². The molecule has 5 nitrogen and oxygen atoms in total. The van der Waals surface area contributed by atoms with Crippen LogP contribution in [0.2, 0.25) is 0 Å². The molecule has 2 rings (SSSR count). The van der Waals surface area contributed by atoms with Crippen LogP contribution in [0.3, 0.4) is 0 Å². The summed E-state index contributed by atoms with van der Waals surface area (Å²) in [5.74, 6) is 0.644. The fourth-order valence-electron chi connectivity index (χ4n) is 4.00. The predicted octanol–water partition coefficient (Wildman–Crippen LogP) is 7.28. The second-order valence-corrected chi connectivity index (χ2v) is 9.59. The predicted molar refractivity (Wildman–Crippen MR) is 147 cm³/mol. The summed E-state index contributed by atoms with van der Waals surface area (Å²) in [5.41, 5.74) is 6.20. The molecule has 0 aliphatic heterocycles. The maximum Gasteiger partial charge on any atom is 0.167 e. The molecule has 0 saturated heterocycles. The lowest BCUT2D eigenvalue weighted by Crippen LogP contribution is -2.10. The number of ether oxygens (including phenoxy) is 2. The minimum atomic E-state index is -0.253. The molecule has 0 aliphatic rings. The van der Waals surface area contributed by atoms with Crippen molar-refractivity contribution >= 4 is 5.78 Å². The molecule has 0 unspecified atom stereocenters. The van der Waals surface area contributed by atoms with Crippen LogP contribution in [0.1, 0.15) is 74.5 Å². The van der Waals surface area contributed by atoms with Gasteiger partial charge in [0.05, 0.1) is 14.2 Å². The Morgan fingerprint density at radius 2 is 1.53 bits per heavy atom. The van der Waals surface area contributed by atoms with Crippen LogP contribution in [-0.4, -0.2) is 30.2 Å². The molecule has 0 spiro atoms. The summed E-state index contributed by atoms with van der Waals surface area (Å²) in [6, 6.07) is 6.65. The summed E-state index contributed by atoms with van der Waals surface area (Å²) >= 11 is 0. The number of hydrogen-bond donors (Lipinski definition) is 2. The van der Waals surface area contributed by atoms with Gasteiger partial charge in [-0.2, -0.15) is 0 Å². The van der Waals surface area contributed by atoms with Crippen molar-refractivity contribution in [3.63, 3.8) is 0 Å². The van der Waals surface area contributed by atoms with E-state index >= 15 is 0 Å². The van der Waals surface area contributed by atoms with Crippen molar-refractivity contribution in [3.05, 3.63) is 81.5 Å². The minimum Gasteiger partial charge on any atom is -0.504 e. The Morgan fingerprint density at radius 1 is 0.861 bits per heavy atom. The Morgan fingerprint density at radius 3 is 2.14 bits per heavy atom. The first-order chi connectivity index (χ1) is 17.1. The van der Waals surface area contributed by atoms with E-state index in [1.165, 1.54) is 17.2 Å². The van der Waals surface area contributed by atoms with Crippen molar-refractivity contribution in [2.45, 2.75) is 66.7 Å². The summed E-state index contributed by atoms with van der Waals surface area (Å²) in [4.78, 5) is 13.5. The van der Waals surface area contributed by atoms with Crippen LogP contribution < -0.4 is 9.47 Å². The quantitative estimate of drug-likeness (QED) is 0.185. The number of phenolic OH excluding ortho intramolecular Hbond substituents is 2. The lowest BCUT2D eigenvalue weighted by atomic mass is 9.92. The third kappa shape index (κ3) is 8.04. The van der Waals surface area contributed by atoms with Gasteiger partial charge in [-0.25, -0.2) is 0 Å². The van der Waals surface area contributed by atoms with Crippen LogP contribution in [0, 0.1) is 0 Å². The first-order valence-electron chi connectivity index (χ1n) is 12.3. The van der Waals surface area contributed by atoms with Crippen molar-refractivity contribution in [2.75, 3.05) is 14.2 Å². The van der Waals surface area contributed by atoms with Gasteiger partial charge in [-0.15, -0.1) is 0 Å². The highest BCUT2D eigenvalue weighted by Gasteiger charge is 2.20. The molecule has 0 amide bonds. The molecule has 0 bridgehead atoms. The van der Waals surface area contributed by atoms with Gasteiger partial charge in [-0.05, 0) is 84.1 Å². The van der Waals surface area contributed by atoms with Gasteiger partial charge in [-0.3, -0.25) is 4.79 Å². The average molecular weight is 493 g/mol. The van der Waals surface area contributed by atoms with E-state index in [1.807, 2.05) is 32.1 Å². The topological polar surface area (TPSA) is 76.0 Å². The molecule has 0 saturated carbocycles. The molecule has 0 heterocycles. The van der Waals surface area contributed by atoms with Crippen molar-refractivity contribution in [3.8, 4) is 23.0 Å². The Bertz CT molecular complexity index is 1160. The summed E-state index contributed by atoms with van der Waals surface area (Å²) in [6.45, 7) is 10.2. The van der Waals surface area contributed by atoms with Crippen LogP contribution >= 0.6 is 0 Å². The number of phenols is 2. The maximum atomic E-state index is 13.5. The molecule has 2 aromatic rings. The molecule has 0 aliphatic carbocycles. The summed E-state index contributed by atoms with van der Waals surface area (Å²) in [7, 11) is 3.20. The number of carbonyl (C=O) groups excluding carboxylic acids is 1. The molecule has 2 aromatic carbocycles. The van der Waals surface area contributed by atoms with Gasteiger partial charge < -0.3 is 19.7 Å². The molecule has 0 radical (unpaired) electrons. The molecule has 0 atom stereocenters. The van der Waals surface area contributed by atoms with Gasteiger partial charge in [-0.1, -0.05) is 34.9 Å². The smallest absolute Gasteiger partial charge is 0.167 e. The Labute approximate surface area is 215 Å². The lowest BCUT2D eigenvalue weighted by Gasteiger charge is -2.16. The Hall–Kier alpha value is -3.47. The van der Waals surface area contributed by atoms with E-state index in [0.29, 0.717) is 35.5 Å². The van der Waals surface area contributed by atoms with Crippen molar-refractivity contribution in [2.24, 2.45) is 0 Å². The monoisotopic (exact) mass is 492 g/mol. The summed E-state index contributed by atoms with van der Waals surface area (Å²) < 4.78 is 11.1. The average Bonchev–Trinajstić information content (AvgIpc) is 2.83. The molecule has 5 heteroatoms. The highest BCUT2D eigenvalue weighted by molar-refractivity contribution is 6.00. The number of allylic oxidation sites excluding steroid dienone is 6. The number of aromatic hydroxyl groups is 2. The number of benzene rings is 2. The number of hydrogen-bond acceptors (Lipinski definition) is 5. The Balaban J connectivity index is 2.45. The van der Waals surface area contributed by atoms with Crippen LogP contribution in [0.5, 0.6) is 23.0 Å². The minimum absolute atomic E-state index is 0.111. The molecule has 2 N–H and O–H groups in total. The highest BCUT2D eigenvalue weighted by Crippen LogP contribution is 2.35. The molecular formula is C31H40O5. The highest BCUT2D eigenvalue weighted by atomic mass is 16.5. The van der Waals surface area contributed by atoms with E-state index in [9.17, 15) is 15.0 Å². The number of methoxy groups -OCH3 is 2. The van der Waals surface area contributed by atoms with Crippen molar-refractivity contribution in [1.29, 1.82) is 0 Å². The molecular weight excluding hydrogens is 452 g/mol. The number of ketones is 1. The number of rotatable bonds is 12. The zero-order chi connectivity index (χ0) is 26.8. The molecule has 36 heavy (non-hydrogen) atoms. The third-order valence-corrected chi connectivity index (χ3v) is 6.10. The van der Waals surface area contributed by atoms with E-state index in [0.717, 1.165) is 29.5 Å². The SMILES string of the molecule is COc1cc(CC(=O)c2ccc(O)c(O)c2CC=C(C)C)c(C/C=C(\C)CCC=C(C)C)c(OC)c1. The van der Waals surface area contributed by atoms with Crippen LogP contribution in [0.4, 0.5) is 0 Å². The van der Waals surface area contributed by atoms with E-state index < -0.39 is 0 Å². The normalized spacial score (nSPS) is 11.1. The van der Waals surface area contributed by atoms with Gasteiger partial charge in [0.2, 0.25) is 0 Å². The zero-order valence-corrected chi connectivity index (χ0v) is 22.7. The van der Waals surface area contributed by atoms with Gasteiger partial charge >= 0.3 is 0 Å². The standard InChI is InChI=1S/C31H40O5/c1-20(2)9-8-10-22(5)12-14-25-23(17-24(35-6)19-30(25)36-7)18-29(33)26-15-16-28(32)31(34)27(26)13-11-21(3)4/h9,11-12,15-17,19,32,34H,8,10,13-14,18H2,1-7H3/b22-12+. The Kier molecular flexibility index (Phi) is 10.8.